The van der Waals surface area contributed by atoms with Crippen LogP contribution in [0.15, 0.2) is 0 Å². The lowest BCUT2D eigenvalue weighted by Gasteiger charge is -2.05. The predicted molar refractivity (Wildman–Crippen MR) is 79.6 cm³/mol. The van der Waals surface area contributed by atoms with Crippen molar-refractivity contribution in [2.75, 3.05) is 25.1 Å². The smallest absolute Gasteiger partial charge is 0.312 e. The van der Waals surface area contributed by atoms with Crippen molar-refractivity contribution in [3.8, 4) is 0 Å². The molecule has 0 amide bonds. The van der Waals surface area contributed by atoms with Gasteiger partial charge in [0.25, 0.3) is 0 Å². The molecule has 0 aliphatic heterocycles. The van der Waals surface area contributed by atoms with E-state index in [0.29, 0.717) is 6.42 Å². The Labute approximate surface area is 123 Å². The summed E-state index contributed by atoms with van der Waals surface area (Å²) in [5.41, 5.74) is 0.768. The minimum Gasteiger partial charge on any atom is -0.481 e. The number of hydrogen-bond donors (Lipinski definition) is 2. The van der Waals surface area contributed by atoms with Crippen LogP contribution in [0.25, 0.3) is 0 Å². The van der Waals surface area contributed by atoms with Gasteiger partial charge in [-0.25, -0.2) is 4.98 Å². The zero-order valence-electron chi connectivity index (χ0n) is 11.9. The number of carboxylic acids is 1. The third kappa shape index (κ3) is 3.93. The predicted octanol–water partition coefficient (Wildman–Crippen LogP) is 2.88. The lowest BCUT2D eigenvalue weighted by Crippen LogP contribution is -2.09. The van der Waals surface area contributed by atoms with Crippen molar-refractivity contribution in [1.29, 1.82) is 0 Å². The number of unbranched alkanes of at least 4 members (excludes halogenated alkanes) is 1. The van der Waals surface area contributed by atoms with Crippen LogP contribution in [0.1, 0.15) is 49.1 Å². The first-order chi connectivity index (χ1) is 9.72. The summed E-state index contributed by atoms with van der Waals surface area (Å²) >= 11 is 1.59. The number of thiazole rings is 1. The Morgan fingerprint density at radius 2 is 2.30 bits per heavy atom. The fourth-order valence-corrected chi connectivity index (χ4v) is 3.33. The van der Waals surface area contributed by atoms with Crippen LogP contribution in [0.5, 0.6) is 0 Å². The third-order valence-electron chi connectivity index (χ3n) is 3.40. The quantitative estimate of drug-likeness (QED) is 0.686. The summed E-state index contributed by atoms with van der Waals surface area (Å²) in [6.07, 6.45) is 4.74. The molecule has 20 heavy (non-hydrogen) atoms. The molecule has 5 nitrogen and oxygen atoms in total. The van der Waals surface area contributed by atoms with Gasteiger partial charge in [0.05, 0.1) is 5.69 Å². The highest BCUT2D eigenvalue weighted by atomic mass is 32.1. The molecule has 0 saturated heterocycles. The van der Waals surface area contributed by atoms with E-state index in [0.717, 1.165) is 61.1 Å². The van der Waals surface area contributed by atoms with Crippen LogP contribution in [0.2, 0.25) is 0 Å². The first-order valence-corrected chi connectivity index (χ1v) is 8.08. The van der Waals surface area contributed by atoms with E-state index in [9.17, 15) is 4.79 Å². The number of nitrogens with one attached hydrogen (secondary N) is 1. The Balaban J connectivity index is 1.70. The van der Waals surface area contributed by atoms with Crippen molar-refractivity contribution in [3.05, 3.63) is 10.6 Å². The van der Waals surface area contributed by atoms with E-state index in [4.69, 9.17) is 9.84 Å². The first-order valence-electron chi connectivity index (χ1n) is 7.26. The normalized spacial score (nSPS) is 17.1. The van der Waals surface area contributed by atoms with Crippen molar-refractivity contribution < 1.29 is 14.6 Å². The van der Waals surface area contributed by atoms with Crippen LogP contribution < -0.4 is 5.32 Å². The highest BCUT2D eigenvalue weighted by Gasteiger charge is 2.32. The highest BCUT2D eigenvalue weighted by Crippen LogP contribution is 2.38. The van der Waals surface area contributed by atoms with Crippen LogP contribution in [-0.2, 0) is 16.0 Å². The van der Waals surface area contributed by atoms with Gasteiger partial charge in [0.15, 0.2) is 5.13 Å². The van der Waals surface area contributed by atoms with Gasteiger partial charge >= 0.3 is 5.97 Å². The Bertz CT molecular complexity index is 448. The van der Waals surface area contributed by atoms with Gasteiger partial charge in [-0.2, -0.15) is 0 Å². The van der Waals surface area contributed by atoms with E-state index >= 15 is 0 Å². The van der Waals surface area contributed by atoms with Crippen LogP contribution in [-0.4, -0.2) is 35.8 Å². The molecule has 1 aromatic heterocycles. The molecule has 1 aliphatic carbocycles. The third-order valence-corrected chi connectivity index (χ3v) is 4.49. The van der Waals surface area contributed by atoms with Gasteiger partial charge in [0.1, 0.15) is 5.92 Å². The Kier molecular flexibility index (Phi) is 5.79. The minimum absolute atomic E-state index is 0.408. The monoisotopic (exact) mass is 298 g/mol. The summed E-state index contributed by atoms with van der Waals surface area (Å²) < 4.78 is 5.49. The maximum atomic E-state index is 11.1. The van der Waals surface area contributed by atoms with Crippen molar-refractivity contribution in [1.82, 2.24) is 4.98 Å². The van der Waals surface area contributed by atoms with Gasteiger partial charge in [-0.05, 0) is 25.7 Å². The summed E-state index contributed by atoms with van der Waals surface area (Å²) in [5, 5.41) is 13.2. The summed E-state index contributed by atoms with van der Waals surface area (Å²) in [4.78, 5) is 16.6. The van der Waals surface area contributed by atoms with Crippen LogP contribution in [0.3, 0.4) is 0 Å². The molecule has 2 N–H and O–H groups in total. The van der Waals surface area contributed by atoms with Gasteiger partial charge in [-0.1, -0.05) is 13.3 Å². The minimum atomic E-state index is -0.759. The van der Waals surface area contributed by atoms with Crippen molar-refractivity contribution in [2.45, 2.75) is 44.9 Å². The molecule has 112 valence electrons. The van der Waals surface area contributed by atoms with E-state index in [1.165, 1.54) is 0 Å². The molecule has 0 radical (unpaired) electrons. The molecule has 0 saturated carbocycles. The summed E-state index contributed by atoms with van der Waals surface area (Å²) in [7, 11) is 0. The van der Waals surface area contributed by atoms with E-state index in [2.05, 4.69) is 17.2 Å². The summed E-state index contributed by atoms with van der Waals surface area (Å²) in [6, 6.07) is 0. The van der Waals surface area contributed by atoms with Gasteiger partial charge in [0.2, 0.25) is 0 Å². The van der Waals surface area contributed by atoms with Gasteiger partial charge < -0.3 is 15.2 Å². The molecule has 0 aromatic carbocycles. The Hall–Kier alpha value is -1.14. The average molecular weight is 298 g/mol. The van der Waals surface area contributed by atoms with E-state index in [1.54, 1.807) is 11.3 Å². The van der Waals surface area contributed by atoms with Gasteiger partial charge in [-0.3, -0.25) is 4.79 Å². The molecule has 6 heteroatoms. The molecule has 1 aromatic rings. The zero-order valence-corrected chi connectivity index (χ0v) is 12.7. The second-order valence-corrected chi connectivity index (χ2v) is 6.09. The number of carboxylic acid groups (broad SMARTS) is 1. The van der Waals surface area contributed by atoms with Crippen molar-refractivity contribution in [3.63, 3.8) is 0 Å². The molecule has 0 spiro atoms. The van der Waals surface area contributed by atoms with Crippen LogP contribution >= 0.6 is 11.3 Å². The fourth-order valence-electron chi connectivity index (χ4n) is 2.26. The summed E-state index contributed by atoms with van der Waals surface area (Å²) in [5.74, 6) is -1.17. The molecule has 2 rings (SSSR count). The lowest BCUT2D eigenvalue weighted by atomic mass is 10.1. The maximum absolute atomic E-state index is 11.1. The number of aryl methyl sites for hydroxylation is 1. The number of anilines is 1. The average Bonchev–Trinajstić information content (AvgIpc) is 2.96. The van der Waals surface area contributed by atoms with Gasteiger partial charge in [-0.15, -0.1) is 11.3 Å². The standard InChI is InChI=1S/C14H22N2O3S/c1-2-3-8-19-9-4-7-15-14-16-12-10(13(17)18)5-6-11(12)20-14/h10H,2-9H2,1H3,(H,15,16)(H,17,18). The van der Waals surface area contributed by atoms with Crippen molar-refractivity contribution >= 4 is 22.4 Å². The molecule has 1 aliphatic rings. The highest BCUT2D eigenvalue weighted by molar-refractivity contribution is 7.15. The number of carbonyl (C=O) groups is 1. The number of aromatic nitrogens is 1. The van der Waals surface area contributed by atoms with Crippen molar-refractivity contribution in [2.24, 2.45) is 0 Å². The largest absolute Gasteiger partial charge is 0.481 e. The molecular weight excluding hydrogens is 276 g/mol. The fraction of sp³-hybridized carbons (Fsp3) is 0.714. The molecule has 0 bridgehead atoms. The maximum Gasteiger partial charge on any atom is 0.312 e. The molecular formula is C14H22N2O3S. The Morgan fingerprint density at radius 1 is 1.50 bits per heavy atom. The Morgan fingerprint density at radius 3 is 3.05 bits per heavy atom. The first kappa shape index (κ1) is 15.3. The van der Waals surface area contributed by atoms with E-state index < -0.39 is 11.9 Å². The number of fused-ring (bicyclic) bond motifs is 1. The number of hydrogen-bond acceptors (Lipinski definition) is 5. The number of aliphatic carboxylic acids is 1. The van der Waals surface area contributed by atoms with Crippen LogP contribution in [0.4, 0.5) is 5.13 Å². The second-order valence-electron chi connectivity index (χ2n) is 5.00. The molecule has 1 atom stereocenters. The lowest BCUT2D eigenvalue weighted by molar-refractivity contribution is -0.138. The zero-order chi connectivity index (χ0) is 14.4. The molecule has 1 unspecified atom stereocenters. The number of nitrogens with zero attached hydrogens (tertiary/aromatic N) is 1. The summed E-state index contributed by atoms with van der Waals surface area (Å²) in [6.45, 7) is 4.56. The second kappa shape index (κ2) is 7.59. The van der Waals surface area contributed by atoms with E-state index in [1.807, 2.05) is 0 Å². The van der Waals surface area contributed by atoms with E-state index in [-0.39, 0.29) is 0 Å². The van der Waals surface area contributed by atoms with Crippen LogP contribution in [0, 0.1) is 0 Å². The topological polar surface area (TPSA) is 71.5 Å². The number of rotatable bonds is 9. The SMILES string of the molecule is CCCCOCCCNc1nc2c(s1)CCC2C(=O)O. The van der Waals surface area contributed by atoms with Gasteiger partial charge in [0, 0.05) is 24.6 Å². The molecule has 0 fully saturated rings. The number of ether oxygens (including phenoxy) is 1. The molecule has 1 heterocycles.